The lowest BCUT2D eigenvalue weighted by molar-refractivity contribution is -0.131. The minimum absolute atomic E-state index is 0.170. The van der Waals surface area contributed by atoms with Gasteiger partial charge in [-0.3, -0.25) is 4.79 Å². The van der Waals surface area contributed by atoms with Crippen molar-refractivity contribution in [2.24, 2.45) is 0 Å². The Balaban J connectivity index is 2.44. The Morgan fingerprint density at radius 3 is 2.88 bits per heavy atom. The molecule has 1 aromatic rings. The molecule has 16 heavy (non-hydrogen) atoms. The predicted molar refractivity (Wildman–Crippen MR) is 70.1 cm³/mol. The van der Waals surface area contributed by atoms with Gasteiger partial charge in [-0.15, -0.1) is 22.9 Å². The Bertz CT molecular complexity index is 313. The zero-order chi connectivity index (χ0) is 12.0. The third kappa shape index (κ3) is 3.80. The molecular formula is C12H18ClNOS. The van der Waals surface area contributed by atoms with E-state index in [1.54, 1.807) is 11.3 Å². The molecule has 1 amide bonds. The van der Waals surface area contributed by atoms with Crippen LogP contribution in [0.15, 0.2) is 17.5 Å². The number of rotatable bonds is 6. The standard InChI is InChI=1S/C12H18ClNOS/c1-10(11-6-5-9-16-11)14(2)12(15)7-3-4-8-13/h5-6,9-10H,3-4,7-8H2,1-2H3. The SMILES string of the molecule is CC(c1cccs1)N(C)C(=O)CCCCCl. The van der Waals surface area contributed by atoms with Crippen molar-refractivity contribution in [1.29, 1.82) is 0 Å². The smallest absolute Gasteiger partial charge is 0.222 e. The maximum absolute atomic E-state index is 11.8. The molecule has 0 saturated carbocycles. The molecule has 2 nitrogen and oxygen atoms in total. The van der Waals surface area contributed by atoms with Crippen LogP contribution in [0.2, 0.25) is 0 Å². The van der Waals surface area contributed by atoms with E-state index in [1.165, 1.54) is 4.88 Å². The fourth-order valence-electron chi connectivity index (χ4n) is 1.48. The Morgan fingerprint density at radius 2 is 2.31 bits per heavy atom. The van der Waals surface area contributed by atoms with Gasteiger partial charge in [0.2, 0.25) is 5.91 Å². The molecule has 90 valence electrons. The second kappa shape index (κ2) is 6.92. The van der Waals surface area contributed by atoms with Crippen LogP contribution in [0.3, 0.4) is 0 Å². The monoisotopic (exact) mass is 259 g/mol. The van der Waals surface area contributed by atoms with Gasteiger partial charge in [0.25, 0.3) is 0 Å². The number of hydrogen-bond donors (Lipinski definition) is 0. The summed E-state index contributed by atoms with van der Waals surface area (Å²) in [5.41, 5.74) is 0. The lowest BCUT2D eigenvalue weighted by Crippen LogP contribution is -2.28. The normalized spacial score (nSPS) is 12.4. The second-order valence-electron chi connectivity index (χ2n) is 3.84. The molecule has 1 rings (SSSR count). The zero-order valence-electron chi connectivity index (χ0n) is 9.78. The number of amides is 1. The number of thiophene rings is 1. The lowest BCUT2D eigenvalue weighted by Gasteiger charge is -2.24. The Morgan fingerprint density at radius 1 is 1.56 bits per heavy atom. The van der Waals surface area contributed by atoms with Gasteiger partial charge in [-0.2, -0.15) is 0 Å². The van der Waals surface area contributed by atoms with Crippen LogP contribution >= 0.6 is 22.9 Å². The summed E-state index contributed by atoms with van der Waals surface area (Å²) in [5.74, 6) is 0.836. The van der Waals surface area contributed by atoms with Crippen LogP contribution in [0.4, 0.5) is 0 Å². The van der Waals surface area contributed by atoms with Gasteiger partial charge in [-0.05, 0) is 31.2 Å². The van der Waals surface area contributed by atoms with Gasteiger partial charge in [0.15, 0.2) is 0 Å². The van der Waals surface area contributed by atoms with E-state index in [-0.39, 0.29) is 11.9 Å². The molecule has 0 aromatic carbocycles. The van der Waals surface area contributed by atoms with Crippen LogP contribution in [0, 0.1) is 0 Å². The van der Waals surface area contributed by atoms with Gasteiger partial charge in [-0.25, -0.2) is 0 Å². The maximum Gasteiger partial charge on any atom is 0.222 e. The molecule has 1 heterocycles. The molecule has 4 heteroatoms. The molecule has 0 N–H and O–H groups in total. The first-order valence-electron chi connectivity index (χ1n) is 5.52. The Kier molecular flexibility index (Phi) is 5.85. The third-order valence-electron chi connectivity index (χ3n) is 2.70. The van der Waals surface area contributed by atoms with E-state index in [0.29, 0.717) is 12.3 Å². The fourth-order valence-corrected chi connectivity index (χ4v) is 2.50. The summed E-state index contributed by atoms with van der Waals surface area (Å²) in [7, 11) is 1.87. The van der Waals surface area contributed by atoms with Crippen molar-refractivity contribution in [1.82, 2.24) is 4.90 Å². The first-order chi connectivity index (χ1) is 7.66. The number of carbonyl (C=O) groups excluding carboxylic acids is 1. The maximum atomic E-state index is 11.8. The topological polar surface area (TPSA) is 20.3 Å². The summed E-state index contributed by atoms with van der Waals surface area (Å²) in [6.45, 7) is 2.06. The third-order valence-corrected chi connectivity index (χ3v) is 4.01. The molecule has 1 aromatic heterocycles. The molecule has 1 unspecified atom stereocenters. The molecule has 0 radical (unpaired) electrons. The Labute approximate surface area is 106 Å². The van der Waals surface area contributed by atoms with Crippen LogP contribution in [0.25, 0.3) is 0 Å². The Hall–Kier alpha value is -0.540. The van der Waals surface area contributed by atoms with E-state index in [0.717, 1.165) is 12.8 Å². The van der Waals surface area contributed by atoms with Crippen molar-refractivity contribution in [3.05, 3.63) is 22.4 Å². The van der Waals surface area contributed by atoms with Gasteiger partial charge in [0.1, 0.15) is 0 Å². The van der Waals surface area contributed by atoms with E-state index < -0.39 is 0 Å². The summed E-state index contributed by atoms with van der Waals surface area (Å²) < 4.78 is 0. The highest BCUT2D eigenvalue weighted by molar-refractivity contribution is 7.10. The number of alkyl halides is 1. The van der Waals surface area contributed by atoms with Crippen molar-refractivity contribution < 1.29 is 4.79 Å². The fraction of sp³-hybridized carbons (Fsp3) is 0.583. The first-order valence-corrected chi connectivity index (χ1v) is 6.93. The molecule has 0 saturated heterocycles. The molecular weight excluding hydrogens is 242 g/mol. The number of unbranched alkanes of at least 4 members (excludes halogenated alkanes) is 1. The average molecular weight is 260 g/mol. The van der Waals surface area contributed by atoms with Crippen LogP contribution in [0.1, 0.15) is 37.1 Å². The zero-order valence-corrected chi connectivity index (χ0v) is 11.4. The van der Waals surface area contributed by atoms with E-state index in [4.69, 9.17) is 11.6 Å². The minimum Gasteiger partial charge on any atom is -0.338 e. The van der Waals surface area contributed by atoms with Gasteiger partial charge in [-0.1, -0.05) is 6.07 Å². The number of halogens is 1. The second-order valence-corrected chi connectivity index (χ2v) is 5.20. The molecule has 0 spiro atoms. The first kappa shape index (κ1) is 13.5. The summed E-state index contributed by atoms with van der Waals surface area (Å²) >= 11 is 7.28. The molecule has 0 bridgehead atoms. The van der Waals surface area contributed by atoms with Crippen LogP contribution < -0.4 is 0 Å². The lowest BCUT2D eigenvalue weighted by atomic mass is 10.2. The van der Waals surface area contributed by atoms with Gasteiger partial charge >= 0.3 is 0 Å². The van der Waals surface area contributed by atoms with E-state index >= 15 is 0 Å². The van der Waals surface area contributed by atoms with E-state index in [1.807, 2.05) is 23.4 Å². The van der Waals surface area contributed by atoms with Gasteiger partial charge in [0, 0.05) is 24.2 Å². The molecule has 0 fully saturated rings. The highest BCUT2D eigenvalue weighted by atomic mass is 35.5. The highest BCUT2D eigenvalue weighted by Crippen LogP contribution is 2.24. The quantitative estimate of drug-likeness (QED) is 0.564. The summed E-state index contributed by atoms with van der Waals surface area (Å²) in [4.78, 5) is 14.9. The highest BCUT2D eigenvalue weighted by Gasteiger charge is 2.17. The van der Waals surface area contributed by atoms with Gasteiger partial charge in [0.05, 0.1) is 6.04 Å². The molecule has 0 aliphatic heterocycles. The van der Waals surface area contributed by atoms with Crippen LogP contribution in [-0.2, 0) is 4.79 Å². The summed E-state index contributed by atoms with van der Waals surface area (Å²) in [5, 5.41) is 2.04. The van der Waals surface area contributed by atoms with E-state index in [9.17, 15) is 4.79 Å². The number of hydrogen-bond acceptors (Lipinski definition) is 2. The largest absolute Gasteiger partial charge is 0.338 e. The van der Waals surface area contributed by atoms with Crippen LogP contribution in [-0.4, -0.2) is 23.7 Å². The number of carbonyl (C=O) groups is 1. The van der Waals surface area contributed by atoms with Crippen molar-refractivity contribution in [3.63, 3.8) is 0 Å². The summed E-state index contributed by atoms with van der Waals surface area (Å²) in [6.07, 6.45) is 2.39. The number of nitrogens with zero attached hydrogens (tertiary/aromatic N) is 1. The summed E-state index contributed by atoms with van der Waals surface area (Å²) in [6, 6.07) is 4.25. The molecule has 1 atom stereocenters. The van der Waals surface area contributed by atoms with Gasteiger partial charge < -0.3 is 4.90 Å². The molecule has 0 aliphatic carbocycles. The van der Waals surface area contributed by atoms with Crippen molar-refractivity contribution in [2.45, 2.75) is 32.2 Å². The van der Waals surface area contributed by atoms with Crippen molar-refractivity contribution >= 4 is 28.8 Å². The van der Waals surface area contributed by atoms with Crippen LogP contribution in [0.5, 0.6) is 0 Å². The van der Waals surface area contributed by atoms with E-state index in [2.05, 4.69) is 13.0 Å². The van der Waals surface area contributed by atoms with Crippen molar-refractivity contribution in [3.8, 4) is 0 Å². The average Bonchev–Trinajstić information content (AvgIpc) is 2.80. The molecule has 0 aliphatic rings. The predicted octanol–water partition coefficient (Wildman–Crippen LogP) is 3.68. The minimum atomic E-state index is 0.170. The van der Waals surface area contributed by atoms with Crippen molar-refractivity contribution in [2.75, 3.05) is 12.9 Å².